The molecule has 0 amide bonds. The smallest absolute Gasteiger partial charge is 0.0923 e. The summed E-state index contributed by atoms with van der Waals surface area (Å²) < 4.78 is 0. The quantitative estimate of drug-likeness (QED) is 0.782. The lowest BCUT2D eigenvalue weighted by Gasteiger charge is -2.03. The Balaban J connectivity index is 0.000000810. The fourth-order valence-electron chi connectivity index (χ4n) is 1.88. The van der Waals surface area contributed by atoms with Crippen LogP contribution in [0.5, 0.6) is 0 Å². The third-order valence-corrected chi connectivity index (χ3v) is 2.66. The van der Waals surface area contributed by atoms with Gasteiger partial charge in [0.05, 0.1) is 17.7 Å². The van der Waals surface area contributed by atoms with E-state index < -0.39 is 0 Å². The van der Waals surface area contributed by atoms with E-state index in [2.05, 4.69) is 27.1 Å². The average molecular weight is 282 g/mol. The number of nitrogens with one attached hydrogen (secondary N) is 1. The van der Waals surface area contributed by atoms with E-state index in [1.54, 1.807) is 6.33 Å². The number of aromatic nitrogens is 3. The van der Waals surface area contributed by atoms with Gasteiger partial charge in [0.15, 0.2) is 0 Å². The molecule has 94 valence electrons. The molecule has 2 heterocycles. The summed E-state index contributed by atoms with van der Waals surface area (Å²) in [5.74, 6) is 0. The molecular weight excluding hydrogens is 269 g/mol. The van der Waals surface area contributed by atoms with E-state index in [0.717, 1.165) is 17.8 Å². The number of hydrogen-bond acceptors (Lipinski definition) is 2. The first-order valence-electron chi connectivity index (χ1n) is 5.24. The molecule has 5 heteroatoms. The maximum Gasteiger partial charge on any atom is 0.0923 e. The third kappa shape index (κ3) is 2.81. The van der Waals surface area contributed by atoms with Gasteiger partial charge in [-0.2, -0.15) is 0 Å². The number of benzene rings is 1. The predicted octanol–water partition coefficient (Wildman–Crippen LogP) is 3.39. The van der Waals surface area contributed by atoms with Gasteiger partial charge in [-0.1, -0.05) is 24.3 Å². The lowest BCUT2D eigenvalue weighted by molar-refractivity contribution is 1.05. The number of pyridine rings is 1. The molecule has 2 aromatic heterocycles. The van der Waals surface area contributed by atoms with Crippen molar-refractivity contribution in [3.63, 3.8) is 0 Å². The summed E-state index contributed by atoms with van der Waals surface area (Å²) in [6.45, 7) is 0. The van der Waals surface area contributed by atoms with Crippen molar-refractivity contribution in [3.05, 3.63) is 60.4 Å². The summed E-state index contributed by atoms with van der Waals surface area (Å²) in [7, 11) is 0. The van der Waals surface area contributed by atoms with Gasteiger partial charge in [-0.05, 0) is 11.5 Å². The number of halogens is 2. The van der Waals surface area contributed by atoms with Gasteiger partial charge in [0.25, 0.3) is 0 Å². The third-order valence-electron chi connectivity index (χ3n) is 2.66. The number of rotatable bonds is 2. The number of imidazole rings is 1. The molecule has 3 nitrogen and oxygen atoms in total. The van der Waals surface area contributed by atoms with Crippen molar-refractivity contribution in [2.45, 2.75) is 6.42 Å². The number of aromatic amines is 1. The minimum atomic E-state index is 0. The van der Waals surface area contributed by atoms with Crippen LogP contribution in [-0.4, -0.2) is 15.0 Å². The van der Waals surface area contributed by atoms with Gasteiger partial charge in [0.2, 0.25) is 0 Å². The minimum Gasteiger partial charge on any atom is -0.351 e. The second-order valence-corrected chi connectivity index (χ2v) is 3.72. The van der Waals surface area contributed by atoms with Crippen LogP contribution in [0.3, 0.4) is 0 Å². The van der Waals surface area contributed by atoms with Crippen LogP contribution in [0.2, 0.25) is 0 Å². The highest BCUT2D eigenvalue weighted by atomic mass is 35.5. The molecule has 1 N–H and O–H groups in total. The fraction of sp³-hybridized carbons (Fsp3) is 0.0769. The van der Waals surface area contributed by atoms with Crippen LogP contribution in [0.1, 0.15) is 11.4 Å². The zero-order valence-corrected chi connectivity index (χ0v) is 11.2. The first-order valence-corrected chi connectivity index (χ1v) is 5.24. The summed E-state index contributed by atoms with van der Waals surface area (Å²) in [5.41, 5.74) is 2.09. The number of H-pyrrole nitrogens is 1. The predicted molar refractivity (Wildman–Crippen MR) is 77.6 cm³/mol. The zero-order valence-electron chi connectivity index (χ0n) is 9.54. The van der Waals surface area contributed by atoms with Gasteiger partial charge >= 0.3 is 0 Å². The van der Waals surface area contributed by atoms with Gasteiger partial charge in [-0.3, -0.25) is 4.98 Å². The lowest BCUT2D eigenvalue weighted by atomic mass is 10.1. The van der Waals surface area contributed by atoms with Crippen molar-refractivity contribution in [2.75, 3.05) is 0 Å². The number of nitrogens with zero attached hydrogens (tertiary/aromatic N) is 2. The molecule has 0 atom stereocenters. The Morgan fingerprint density at radius 2 is 1.83 bits per heavy atom. The second kappa shape index (κ2) is 6.38. The van der Waals surface area contributed by atoms with E-state index in [9.17, 15) is 0 Å². The summed E-state index contributed by atoms with van der Waals surface area (Å²) in [6.07, 6.45) is 6.22. The molecule has 0 bridgehead atoms. The summed E-state index contributed by atoms with van der Waals surface area (Å²) >= 11 is 0. The summed E-state index contributed by atoms with van der Waals surface area (Å²) in [4.78, 5) is 11.6. The second-order valence-electron chi connectivity index (χ2n) is 3.72. The molecular formula is C13H13Cl2N3. The Hall–Kier alpha value is -1.58. The largest absolute Gasteiger partial charge is 0.351 e. The van der Waals surface area contributed by atoms with Crippen molar-refractivity contribution >= 4 is 35.6 Å². The van der Waals surface area contributed by atoms with E-state index in [4.69, 9.17) is 0 Å². The van der Waals surface area contributed by atoms with E-state index in [-0.39, 0.29) is 24.8 Å². The van der Waals surface area contributed by atoms with Crippen molar-refractivity contribution < 1.29 is 0 Å². The minimum absolute atomic E-state index is 0. The molecule has 1 aromatic carbocycles. The molecule has 0 radical (unpaired) electrons. The lowest BCUT2D eigenvalue weighted by Crippen LogP contribution is -1.93. The van der Waals surface area contributed by atoms with Gasteiger partial charge in [0, 0.05) is 24.2 Å². The fourth-order valence-corrected chi connectivity index (χ4v) is 1.88. The standard InChI is InChI=1S/C13H11N3.2ClH/c1-2-4-12-10(3-1)5-6-15-13(12)7-11-8-14-9-16-11;;/h1-6,8-9H,7H2,(H,14,16);2*1H. The van der Waals surface area contributed by atoms with Crippen LogP contribution in [0.15, 0.2) is 49.1 Å². The maximum absolute atomic E-state index is 4.43. The molecule has 0 unspecified atom stereocenters. The van der Waals surface area contributed by atoms with E-state index in [1.165, 1.54) is 10.8 Å². The zero-order chi connectivity index (χ0) is 10.8. The Kier molecular flexibility index (Phi) is 5.13. The van der Waals surface area contributed by atoms with E-state index in [0.29, 0.717) is 0 Å². The van der Waals surface area contributed by atoms with Crippen molar-refractivity contribution in [1.82, 2.24) is 15.0 Å². The molecule has 0 aliphatic heterocycles. The topological polar surface area (TPSA) is 41.6 Å². The van der Waals surface area contributed by atoms with Crippen LogP contribution < -0.4 is 0 Å². The Labute approximate surface area is 117 Å². The summed E-state index contributed by atoms with van der Waals surface area (Å²) in [5, 5.41) is 2.43. The van der Waals surface area contributed by atoms with Crippen LogP contribution in [0.25, 0.3) is 10.8 Å². The van der Waals surface area contributed by atoms with Gasteiger partial charge in [-0.25, -0.2) is 4.98 Å². The van der Waals surface area contributed by atoms with E-state index >= 15 is 0 Å². The van der Waals surface area contributed by atoms with Crippen LogP contribution >= 0.6 is 24.8 Å². The first kappa shape index (κ1) is 14.5. The Morgan fingerprint density at radius 3 is 2.61 bits per heavy atom. The molecule has 0 saturated carbocycles. The van der Waals surface area contributed by atoms with Crippen molar-refractivity contribution in [3.8, 4) is 0 Å². The SMILES string of the molecule is Cl.Cl.c1ccc2c(Cc3c[nH]cn3)nccc2c1. The van der Waals surface area contributed by atoms with Crippen molar-refractivity contribution in [1.29, 1.82) is 0 Å². The average Bonchev–Trinajstić information content (AvgIpc) is 2.82. The number of fused-ring (bicyclic) bond motifs is 1. The van der Waals surface area contributed by atoms with Gasteiger partial charge in [0.1, 0.15) is 0 Å². The first-order chi connectivity index (χ1) is 7.93. The van der Waals surface area contributed by atoms with Crippen LogP contribution in [-0.2, 0) is 6.42 Å². The molecule has 18 heavy (non-hydrogen) atoms. The normalized spacial score (nSPS) is 9.56. The van der Waals surface area contributed by atoms with Crippen molar-refractivity contribution in [2.24, 2.45) is 0 Å². The number of hydrogen-bond donors (Lipinski definition) is 1. The highest BCUT2D eigenvalue weighted by molar-refractivity contribution is 5.86. The summed E-state index contributed by atoms with van der Waals surface area (Å²) in [6, 6.07) is 10.3. The van der Waals surface area contributed by atoms with Gasteiger partial charge < -0.3 is 4.98 Å². The molecule has 0 saturated heterocycles. The molecule has 3 rings (SSSR count). The molecule has 0 aliphatic carbocycles. The monoisotopic (exact) mass is 281 g/mol. The highest BCUT2D eigenvalue weighted by Crippen LogP contribution is 2.18. The van der Waals surface area contributed by atoms with Crippen LogP contribution in [0, 0.1) is 0 Å². The molecule has 3 aromatic rings. The van der Waals surface area contributed by atoms with Gasteiger partial charge in [-0.15, -0.1) is 24.8 Å². The van der Waals surface area contributed by atoms with Crippen LogP contribution in [0.4, 0.5) is 0 Å². The maximum atomic E-state index is 4.43. The Morgan fingerprint density at radius 1 is 1.00 bits per heavy atom. The molecule has 0 fully saturated rings. The Bertz CT molecular complexity index is 603. The molecule has 0 aliphatic rings. The highest BCUT2D eigenvalue weighted by Gasteiger charge is 2.03. The van der Waals surface area contributed by atoms with E-state index in [1.807, 2.05) is 30.6 Å². The molecule has 0 spiro atoms.